The molecule has 9 nitrogen and oxygen atoms in total. The topological polar surface area (TPSA) is 115 Å². The minimum atomic E-state index is -1.31. The number of allylic oxidation sites excluding steroid dienone is 1. The SMILES string of the molecule is CCOC(=O)C1=C(OCc2ccccc2)CN=CC(Cc2ccc(F)cc2)=C2OC(C(=O)O)=CCN(C1=O)C2CC. The molecule has 1 atom stereocenters. The van der Waals surface area contributed by atoms with Crippen LogP contribution in [0.15, 0.2) is 94.1 Å². The second kappa shape index (κ2) is 13.6. The van der Waals surface area contributed by atoms with Crippen LogP contribution in [0.25, 0.3) is 0 Å². The Morgan fingerprint density at radius 1 is 1.10 bits per heavy atom. The van der Waals surface area contributed by atoms with Gasteiger partial charge in [0.2, 0.25) is 5.76 Å². The summed E-state index contributed by atoms with van der Waals surface area (Å²) in [4.78, 5) is 45.2. The lowest BCUT2D eigenvalue weighted by atomic mass is 9.98. The zero-order valence-corrected chi connectivity index (χ0v) is 22.8. The minimum Gasteiger partial charge on any atom is -0.490 e. The Morgan fingerprint density at radius 3 is 2.49 bits per heavy atom. The van der Waals surface area contributed by atoms with Gasteiger partial charge < -0.3 is 24.2 Å². The van der Waals surface area contributed by atoms with E-state index in [9.17, 15) is 23.9 Å². The van der Waals surface area contributed by atoms with E-state index in [0.29, 0.717) is 12.0 Å². The lowest BCUT2D eigenvalue weighted by Gasteiger charge is -2.32. The number of esters is 1. The predicted molar refractivity (Wildman–Crippen MR) is 148 cm³/mol. The van der Waals surface area contributed by atoms with Gasteiger partial charge in [-0.1, -0.05) is 49.4 Å². The van der Waals surface area contributed by atoms with Gasteiger partial charge >= 0.3 is 11.9 Å². The van der Waals surface area contributed by atoms with E-state index in [2.05, 4.69) is 4.99 Å². The zero-order chi connectivity index (χ0) is 29.4. The Hall–Kier alpha value is -4.73. The molecule has 2 heterocycles. The predicted octanol–water partition coefficient (Wildman–Crippen LogP) is 4.35. The van der Waals surface area contributed by atoms with Crippen LogP contribution in [0.3, 0.4) is 0 Å². The molecule has 0 aliphatic carbocycles. The third-order valence-electron chi connectivity index (χ3n) is 6.57. The van der Waals surface area contributed by atoms with Crippen molar-refractivity contribution in [1.82, 2.24) is 4.90 Å². The molecule has 2 aliphatic heterocycles. The van der Waals surface area contributed by atoms with Gasteiger partial charge in [-0.2, -0.15) is 0 Å². The maximum absolute atomic E-state index is 14.2. The number of ether oxygens (including phenoxy) is 3. The number of hydrogen-bond donors (Lipinski definition) is 1. The van der Waals surface area contributed by atoms with Crippen molar-refractivity contribution in [3.63, 3.8) is 0 Å². The van der Waals surface area contributed by atoms with Crippen LogP contribution < -0.4 is 0 Å². The third kappa shape index (κ3) is 7.08. The average molecular weight is 563 g/mol. The first-order valence-electron chi connectivity index (χ1n) is 13.3. The summed E-state index contributed by atoms with van der Waals surface area (Å²) in [5, 5.41) is 9.80. The number of carbonyl (C=O) groups is 3. The lowest BCUT2D eigenvalue weighted by Crippen LogP contribution is -2.44. The van der Waals surface area contributed by atoms with E-state index in [1.165, 1.54) is 29.3 Å². The molecule has 0 aromatic heterocycles. The summed E-state index contributed by atoms with van der Waals surface area (Å²) >= 11 is 0. The molecule has 214 valence electrons. The van der Waals surface area contributed by atoms with E-state index in [1.54, 1.807) is 19.1 Å². The Morgan fingerprint density at radius 2 is 1.83 bits per heavy atom. The molecule has 2 aromatic rings. The van der Waals surface area contributed by atoms with E-state index in [4.69, 9.17) is 14.2 Å². The van der Waals surface area contributed by atoms with Gasteiger partial charge in [0.15, 0.2) is 5.57 Å². The monoisotopic (exact) mass is 562 g/mol. The summed E-state index contributed by atoms with van der Waals surface area (Å²) in [6.07, 6.45) is 3.36. The van der Waals surface area contributed by atoms with Crippen molar-refractivity contribution in [2.45, 2.75) is 39.3 Å². The zero-order valence-electron chi connectivity index (χ0n) is 22.8. The van der Waals surface area contributed by atoms with Gasteiger partial charge in [0.05, 0.1) is 19.2 Å². The first kappa shape index (κ1) is 29.3. The number of rotatable bonds is 9. The van der Waals surface area contributed by atoms with E-state index in [1.807, 2.05) is 37.3 Å². The van der Waals surface area contributed by atoms with Crippen molar-refractivity contribution in [2.75, 3.05) is 19.7 Å². The largest absolute Gasteiger partial charge is 0.490 e. The van der Waals surface area contributed by atoms with Gasteiger partial charge in [-0.05, 0) is 42.7 Å². The molecular weight excluding hydrogens is 531 g/mol. The minimum absolute atomic E-state index is 0.0283. The van der Waals surface area contributed by atoms with Gasteiger partial charge in [-0.15, -0.1) is 0 Å². The summed E-state index contributed by atoms with van der Waals surface area (Å²) in [7, 11) is 0. The van der Waals surface area contributed by atoms with E-state index in [0.717, 1.165) is 11.1 Å². The van der Waals surface area contributed by atoms with Crippen LogP contribution in [-0.4, -0.2) is 59.8 Å². The molecule has 1 N–H and O–H groups in total. The maximum Gasteiger partial charge on any atom is 0.371 e. The van der Waals surface area contributed by atoms with Crippen LogP contribution in [0.1, 0.15) is 31.4 Å². The number of hydrogen-bond acceptors (Lipinski definition) is 7. The summed E-state index contributed by atoms with van der Waals surface area (Å²) in [5.74, 6) is -3.39. The highest BCUT2D eigenvalue weighted by atomic mass is 19.1. The number of nitrogens with zero attached hydrogens (tertiary/aromatic N) is 2. The van der Waals surface area contributed by atoms with Crippen LogP contribution in [0.4, 0.5) is 4.39 Å². The fourth-order valence-electron chi connectivity index (χ4n) is 4.59. The third-order valence-corrected chi connectivity index (χ3v) is 6.57. The van der Waals surface area contributed by atoms with Gasteiger partial charge in [0, 0.05) is 24.8 Å². The number of aliphatic imine (C=N–C) groups is 1. The van der Waals surface area contributed by atoms with Crippen LogP contribution in [0.5, 0.6) is 0 Å². The maximum atomic E-state index is 14.2. The molecule has 1 unspecified atom stereocenters. The van der Waals surface area contributed by atoms with E-state index >= 15 is 0 Å². The van der Waals surface area contributed by atoms with Crippen molar-refractivity contribution in [1.29, 1.82) is 0 Å². The molecule has 10 heteroatoms. The quantitative estimate of drug-likeness (QED) is 0.357. The molecule has 0 radical (unpaired) electrons. The molecular formula is C31H31FN2O7. The van der Waals surface area contributed by atoms with Crippen molar-refractivity contribution < 1.29 is 38.1 Å². The highest BCUT2D eigenvalue weighted by Gasteiger charge is 2.38. The number of carboxylic acid groups (broad SMARTS) is 1. The second-order valence-electron chi connectivity index (χ2n) is 9.31. The summed E-state index contributed by atoms with van der Waals surface area (Å²) in [5.41, 5.74) is 1.73. The number of aliphatic carboxylic acids is 1. The standard InChI is InChI=1S/C31H31FN2O7/c1-3-24-28-22(16-20-10-12-23(32)13-11-20)17-33-18-26(40-19-21-8-6-5-7-9-21)27(31(38)39-4-2)29(35)34(24)15-14-25(41-28)30(36)37/h5-14,17,24H,3-4,15-16,18-19H2,1-2H3,(H,36,37). The Kier molecular flexibility index (Phi) is 9.68. The molecule has 0 saturated carbocycles. The number of halogens is 1. The van der Waals surface area contributed by atoms with Crippen LogP contribution in [0, 0.1) is 5.82 Å². The number of carboxylic acids is 1. The molecule has 4 rings (SSSR count). The molecule has 0 fully saturated rings. The fraction of sp³-hybridized carbons (Fsp3) is 0.290. The molecule has 0 saturated heterocycles. The van der Waals surface area contributed by atoms with E-state index < -0.39 is 29.7 Å². The Bertz CT molecular complexity index is 1410. The van der Waals surface area contributed by atoms with Crippen LogP contribution in [-0.2, 0) is 41.6 Å². The van der Waals surface area contributed by atoms with Crippen molar-refractivity contribution in [2.24, 2.45) is 4.99 Å². The first-order chi connectivity index (χ1) is 19.8. The van der Waals surface area contributed by atoms with Gasteiger partial charge in [0.25, 0.3) is 5.91 Å². The van der Waals surface area contributed by atoms with Crippen LogP contribution in [0.2, 0.25) is 0 Å². The lowest BCUT2D eigenvalue weighted by molar-refractivity contribution is -0.143. The molecule has 0 spiro atoms. The number of amides is 1. The Balaban J connectivity index is 1.87. The highest BCUT2D eigenvalue weighted by molar-refractivity contribution is 6.17. The average Bonchev–Trinajstić information content (AvgIpc) is 3.16. The smallest absolute Gasteiger partial charge is 0.371 e. The molecule has 2 aromatic carbocycles. The van der Waals surface area contributed by atoms with Gasteiger partial charge in [-0.25, -0.2) is 14.0 Å². The summed E-state index contributed by atoms with van der Waals surface area (Å²) in [6.45, 7) is 3.25. The second-order valence-corrected chi connectivity index (χ2v) is 9.31. The molecule has 2 aliphatic rings. The van der Waals surface area contributed by atoms with Crippen molar-refractivity contribution in [3.8, 4) is 0 Å². The van der Waals surface area contributed by atoms with Gasteiger partial charge in [0.1, 0.15) is 23.9 Å². The molecule has 41 heavy (non-hydrogen) atoms. The number of fused-ring (bicyclic) bond motifs is 2. The molecule has 2 bridgehead atoms. The normalized spacial score (nSPS) is 17.4. The van der Waals surface area contributed by atoms with Crippen LogP contribution >= 0.6 is 0 Å². The number of benzene rings is 2. The van der Waals surface area contributed by atoms with Gasteiger partial charge in [-0.3, -0.25) is 9.79 Å². The van der Waals surface area contributed by atoms with Crippen molar-refractivity contribution >= 4 is 24.1 Å². The highest BCUT2D eigenvalue weighted by Crippen LogP contribution is 2.30. The first-order valence-corrected chi connectivity index (χ1v) is 13.3. The summed E-state index contributed by atoms with van der Waals surface area (Å²) < 4.78 is 30.8. The van der Waals surface area contributed by atoms with E-state index in [-0.39, 0.29) is 55.6 Å². The summed E-state index contributed by atoms with van der Waals surface area (Å²) in [6, 6.07) is 14.4. The number of carbonyl (C=O) groups excluding carboxylic acids is 2. The fourth-order valence-corrected chi connectivity index (χ4v) is 4.59. The van der Waals surface area contributed by atoms with Crippen molar-refractivity contribution in [3.05, 3.63) is 106 Å². The molecule has 1 amide bonds. The Labute approximate surface area is 237 Å².